The van der Waals surface area contributed by atoms with E-state index < -0.39 is 0 Å². The van der Waals surface area contributed by atoms with E-state index in [0.29, 0.717) is 0 Å². The first-order chi connectivity index (χ1) is 7.29. The SMILES string of the molecule is CC(C)=C[SiH2]c1ccc[cH-]1.[Cl-].[Cl-].[Ti+4].c1cc[cH-]c1. The molecule has 0 aliphatic rings. The molecule has 0 aliphatic heterocycles. The summed E-state index contributed by atoms with van der Waals surface area (Å²) in [7, 11) is -0.0787. The zero-order valence-corrected chi connectivity index (χ0v) is 15.2. The molecule has 18 heavy (non-hydrogen) atoms. The fraction of sp³-hybridized carbons (Fsp3) is 0.143. The van der Waals surface area contributed by atoms with Gasteiger partial charge < -0.3 is 24.8 Å². The molecule has 0 bridgehead atoms. The second-order valence-corrected chi connectivity index (χ2v) is 5.37. The van der Waals surface area contributed by atoms with Gasteiger partial charge in [-0.1, -0.05) is 11.3 Å². The Morgan fingerprint density at radius 2 is 1.67 bits per heavy atom. The average Bonchev–Trinajstić information content (AvgIpc) is 2.91. The van der Waals surface area contributed by atoms with E-state index in [9.17, 15) is 0 Å². The summed E-state index contributed by atoms with van der Waals surface area (Å²) in [5, 5.41) is 1.54. The molecule has 0 fully saturated rings. The van der Waals surface area contributed by atoms with Gasteiger partial charge in [-0.2, -0.15) is 35.5 Å². The average molecular weight is 333 g/mol. The minimum atomic E-state index is -0.0787. The fourth-order valence-electron chi connectivity index (χ4n) is 1.19. The largest absolute Gasteiger partial charge is 4.00 e. The molecular formula is C14H18Cl2SiTi. The van der Waals surface area contributed by atoms with Crippen LogP contribution in [0.5, 0.6) is 0 Å². The molecule has 0 atom stereocenters. The molecule has 0 nitrogen and oxygen atoms in total. The quantitative estimate of drug-likeness (QED) is 0.396. The molecule has 2 rings (SSSR count). The molecule has 0 N–H and O–H groups in total. The Balaban J connectivity index is -0.000000245. The molecule has 0 aromatic heterocycles. The van der Waals surface area contributed by atoms with Crippen molar-refractivity contribution in [3.8, 4) is 0 Å². The predicted octanol–water partition coefficient (Wildman–Crippen LogP) is -3.47. The van der Waals surface area contributed by atoms with Gasteiger partial charge in [0.25, 0.3) is 0 Å². The van der Waals surface area contributed by atoms with E-state index in [1.165, 1.54) is 5.57 Å². The Hall–Kier alpha value is -0.0488. The van der Waals surface area contributed by atoms with E-state index in [2.05, 4.69) is 43.8 Å². The van der Waals surface area contributed by atoms with E-state index in [1.54, 1.807) is 5.19 Å². The van der Waals surface area contributed by atoms with E-state index >= 15 is 0 Å². The third kappa shape index (κ3) is 12.4. The molecule has 0 radical (unpaired) electrons. The van der Waals surface area contributed by atoms with Gasteiger partial charge in [0.15, 0.2) is 0 Å². The molecule has 96 valence electrons. The molecule has 2 aromatic carbocycles. The summed E-state index contributed by atoms with van der Waals surface area (Å²) >= 11 is 0. The third-order valence-corrected chi connectivity index (χ3v) is 4.00. The summed E-state index contributed by atoms with van der Waals surface area (Å²) in [6, 6.07) is 18.7. The maximum absolute atomic E-state index is 2.38. The summed E-state index contributed by atoms with van der Waals surface area (Å²) in [6.45, 7) is 4.33. The second-order valence-electron chi connectivity index (χ2n) is 3.74. The molecule has 0 spiro atoms. The van der Waals surface area contributed by atoms with Gasteiger partial charge in [0.2, 0.25) is 0 Å². The van der Waals surface area contributed by atoms with Gasteiger partial charge in [-0.25, -0.2) is 24.3 Å². The molecule has 0 heterocycles. The Bertz CT molecular complexity index is 345. The van der Waals surface area contributed by atoms with Crippen LogP contribution < -0.4 is 30.0 Å². The van der Waals surface area contributed by atoms with Crippen molar-refractivity contribution < 1.29 is 46.5 Å². The monoisotopic (exact) mass is 332 g/mol. The van der Waals surface area contributed by atoms with Gasteiger partial charge >= 0.3 is 21.7 Å². The Kier molecular flexibility index (Phi) is 19.2. The first-order valence-corrected chi connectivity index (χ1v) is 6.82. The molecule has 0 aliphatic carbocycles. The number of allylic oxidation sites excluding steroid dienone is 1. The van der Waals surface area contributed by atoms with E-state index in [-0.39, 0.29) is 56.1 Å². The number of hydrogen-bond acceptors (Lipinski definition) is 0. The molecule has 4 heteroatoms. The maximum Gasteiger partial charge on any atom is 4.00 e. The fourth-order valence-corrected chi connectivity index (χ4v) is 2.38. The second kappa shape index (κ2) is 15.0. The van der Waals surface area contributed by atoms with Gasteiger partial charge in [-0.05, 0) is 13.8 Å². The van der Waals surface area contributed by atoms with Crippen molar-refractivity contribution in [2.24, 2.45) is 0 Å². The summed E-state index contributed by atoms with van der Waals surface area (Å²) in [5.74, 6) is 0. The predicted molar refractivity (Wildman–Crippen MR) is 71.7 cm³/mol. The van der Waals surface area contributed by atoms with Crippen molar-refractivity contribution >= 4 is 14.7 Å². The van der Waals surface area contributed by atoms with Crippen LogP contribution in [0.2, 0.25) is 0 Å². The Morgan fingerprint density at radius 1 is 1.06 bits per heavy atom. The minimum Gasteiger partial charge on any atom is -1.00 e. The van der Waals surface area contributed by atoms with E-state index in [0.717, 1.165) is 0 Å². The summed E-state index contributed by atoms with van der Waals surface area (Å²) < 4.78 is 0. The molecule has 0 amide bonds. The zero-order chi connectivity index (χ0) is 10.9. The summed E-state index contributed by atoms with van der Waals surface area (Å²) in [5.41, 5.74) is 3.84. The van der Waals surface area contributed by atoms with Gasteiger partial charge in [-0.3, -0.25) is 0 Å². The summed E-state index contributed by atoms with van der Waals surface area (Å²) in [4.78, 5) is 0. The van der Waals surface area contributed by atoms with Gasteiger partial charge in [0, 0.05) is 0 Å². The maximum atomic E-state index is 2.38. The number of rotatable bonds is 2. The first kappa shape index (κ1) is 23.1. The normalized spacial score (nSPS) is 8.11. The first-order valence-electron chi connectivity index (χ1n) is 5.29. The molecule has 0 saturated carbocycles. The number of halogens is 2. The van der Waals surface area contributed by atoms with Gasteiger partial charge in [0.05, 0.1) is 9.52 Å². The van der Waals surface area contributed by atoms with Crippen LogP contribution in [0.15, 0.2) is 65.9 Å². The topological polar surface area (TPSA) is 0 Å². The smallest absolute Gasteiger partial charge is 1.00 e. The van der Waals surface area contributed by atoms with Crippen LogP contribution in [-0.4, -0.2) is 9.52 Å². The van der Waals surface area contributed by atoms with Crippen molar-refractivity contribution in [1.82, 2.24) is 0 Å². The Labute approximate surface area is 140 Å². The molecule has 0 saturated heterocycles. The van der Waals surface area contributed by atoms with E-state index in [1.807, 2.05) is 30.3 Å². The van der Waals surface area contributed by atoms with Crippen LogP contribution in [-0.2, 0) is 21.7 Å². The van der Waals surface area contributed by atoms with Crippen LogP contribution in [0.25, 0.3) is 0 Å². The van der Waals surface area contributed by atoms with Crippen LogP contribution in [0.3, 0.4) is 0 Å². The van der Waals surface area contributed by atoms with Crippen molar-refractivity contribution in [2.75, 3.05) is 0 Å². The summed E-state index contributed by atoms with van der Waals surface area (Å²) in [6.07, 6.45) is 0. The van der Waals surface area contributed by atoms with Crippen LogP contribution in [0.1, 0.15) is 13.8 Å². The van der Waals surface area contributed by atoms with Crippen molar-refractivity contribution in [3.63, 3.8) is 0 Å². The van der Waals surface area contributed by atoms with Gasteiger partial charge in [0.1, 0.15) is 0 Å². The van der Waals surface area contributed by atoms with Crippen molar-refractivity contribution in [1.29, 1.82) is 0 Å². The van der Waals surface area contributed by atoms with E-state index in [4.69, 9.17) is 0 Å². The standard InChI is InChI=1S/C9H13Si.C5H5.2ClH.Ti/c1-8(2)7-10-9-5-3-4-6-9;1-2-4-5-3-1;;;/h3-7H,10H2,1-2H3;1-5H;2*1H;/q2*-1;;;+4/p-2. The molecule has 0 unspecified atom stereocenters. The van der Waals surface area contributed by atoms with Gasteiger partial charge in [-0.15, -0.1) is 0 Å². The Morgan fingerprint density at radius 3 is 2.00 bits per heavy atom. The molecular weight excluding hydrogens is 315 g/mol. The van der Waals surface area contributed by atoms with Crippen LogP contribution >= 0.6 is 0 Å². The zero-order valence-electron chi connectivity index (χ0n) is 10.7. The van der Waals surface area contributed by atoms with Crippen molar-refractivity contribution in [3.05, 3.63) is 65.9 Å². The number of hydrogen-bond donors (Lipinski definition) is 0. The molecule has 2 aromatic rings. The van der Waals surface area contributed by atoms with Crippen LogP contribution in [0, 0.1) is 0 Å². The van der Waals surface area contributed by atoms with Crippen LogP contribution in [0.4, 0.5) is 0 Å². The van der Waals surface area contributed by atoms with Crippen molar-refractivity contribution in [2.45, 2.75) is 13.8 Å². The third-order valence-electron chi connectivity index (χ3n) is 2.03. The minimum absolute atomic E-state index is 0.